The van der Waals surface area contributed by atoms with Crippen LogP contribution in [0.4, 0.5) is 0 Å². The molecule has 1 aromatic rings. The minimum atomic E-state index is 0.0584. The Morgan fingerprint density at radius 3 is 2.26 bits per heavy atom. The van der Waals surface area contributed by atoms with Gasteiger partial charge in [-0.3, -0.25) is 9.79 Å². The van der Waals surface area contributed by atoms with Crippen LogP contribution in [0, 0.1) is 6.92 Å². The molecule has 2 nitrogen and oxygen atoms in total. The van der Waals surface area contributed by atoms with Crippen LogP contribution in [-0.2, 0) is 0 Å². The zero-order chi connectivity index (χ0) is 14.6. The van der Waals surface area contributed by atoms with Crippen LogP contribution in [0.15, 0.2) is 41.5 Å². The Labute approximate surface area is 115 Å². The Morgan fingerprint density at radius 1 is 1.16 bits per heavy atom. The molecule has 100 valence electrons. The second kappa shape index (κ2) is 6.28. The third-order valence-corrected chi connectivity index (χ3v) is 2.83. The number of hydrogen-bond donors (Lipinski definition) is 0. The molecule has 0 aromatic heterocycles. The molecule has 1 rings (SSSR count). The van der Waals surface area contributed by atoms with Gasteiger partial charge in [-0.1, -0.05) is 30.4 Å². The van der Waals surface area contributed by atoms with Crippen molar-refractivity contribution in [1.29, 1.82) is 0 Å². The smallest absolute Gasteiger partial charge is 0.160 e. The second-order valence-corrected chi connectivity index (χ2v) is 4.87. The monoisotopic (exact) mass is 255 g/mol. The van der Waals surface area contributed by atoms with E-state index >= 15 is 0 Å². The van der Waals surface area contributed by atoms with Gasteiger partial charge in [-0.05, 0) is 46.2 Å². The lowest BCUT2D eigenvalue weighted by atomic mass is 9.94. The summed E-state index contributed by atoms with van der Waals surface area (Å²) in [7, 11) is 0. The van der Waals surface area contributed by atoms with Crippen LogP contribution in [0.5, 0.6) is 0 Å². The standard InChI is InChI=1S/C17H21NO/c1-7-15(13(5)18-11(2)3)16-9-8-12(4)10-17(16)14(6)19/h7-10H,1H2,2-6H3/b15-13+. The maximum absolute atomic E-state index is 11.8. The summed E-state index contributed by atoms with van der Waals surface area (Å²) in [6, 6.07) is 5.88. The topological polar surface area (TPSA) is 29.4 Å². The maximum Gasteiger partial charge on any atom is 0.160 e. The number of allylic oxidation sites excluding steroid dienone is 3. The van der Waals surface area contributed by atoms with Crippen molar-refractivity contribution >= 4 is 17.1 Å². The van der Waals surface area contributed by atoms with Crippen LogP contribution in [0.25, 0.3) is 5.57 Å². The van der Waals surface area contributed by atoms with Gasteiger partial charge >= 0.3 is 0 Å². The molecule has 0 unspecified atom stereocenters. The molecule has 0 aliphatic carbocycles. The van der Waals surface area contributed by atoms with Gasteiger partial charge in [0.2, 0.25) is 0 Å². The van der Waals surface area contributed by atoms with Crippen LogP contribution in [-0.4, -0.2) is 11.5 Å². The van der Waals surface area contributed by atoms with Gasteiger partial charge in [-0.15, -0.1) is 0 Å². The average molecular weight is 255 g/mol. The largest absolute Gasteiger partial charge is 0.294 e. The highest BCUT2D eigenvalue weighted by molar-refractivity contribution is 6.00. The number of aryl methyl sites for hydroxylation is 1. The molecule has 2 heteroatoms. The summed E-state index contributed by atoms with van der Waals surface area (Å²) in [6.45, 7) is 13.3. The minimum Gasteiger partial charge on any atom is -0.294 e. The van der Waals surface area contributed by atoms with Crippen molar-refractivity contribution in [1.82, 2.24) is 0 Å². The van der Waals surface area contributed by atoms with Gasteiger partial charge < -0.3 is 0 Å². The second-order valence-electron chi connectivity index (χ2n) is 4.87. The number of Topliss-reactive ketones (excluding diaryl/α,β-unsaturated/α-hetero) is 1. The number of ketones is 1. The van der Waals surface area contributed by atoms with E-state index in [-0.39, 0.29) is 5.78 Å². The van der Waals surface area contributed by atoms with Gasteiger partial charge in [-0.25, -0.2) is 0 Å². The third kappa shape index (κ3) is 3.75. The SMILES string of the molecule is C=C/C(=C(/C)N=C(C)C)c1ccc(C)cc1C(C)=O. The first-order valence-corrected chi connectivity index (χ1v) is 6.34. The van der Waals surface area contributed by atoms with Crippen molar-refractivity contribution in [2.75, 3.05) is 0 Å². The molecule has 0 saturated heterocycles. The first-order valence-electron chi connectivity index (χ1n) is 6.34. The summed E-state index contributed by atoms with van der Waals surface area (Å²) in [5, 5.41) is 0. The van der Waals surface area contributed by atoms with Crippen molar-refractivity contribution in [3.8, 4) is 0 Å². The fraction of sp³-hybridized carbons (Fsp3) is 0.294. The molecule has 0 fully saturated rings. The summed E-state index contributed by atoms with van der Waals surface area (Å²) in [5.74, 6) is 0.0584. The number of hydrogen-bond acceptors (Lipinski definition) is 2. The molecule has 0 amide bonds. The molecular weight excluding hydrogens is 234 g/mol. The maximum atomic E-state index is 11.8. The van der Waals surface area contributed by atoms with Gasteiger partial charge in [-0.2, -0.15) is 0 Å². The van der Waals surface area contributed by atoms with Crippen LogP contribution in [0.1, 0.15) is 49.2 Å². The number of carbonyl (C=O) groups excluding carboxylic acids is 1. The van der Waals surface area contributed by atoms with Crippen molar-refractivity contribution in [2.24, 2.45) is 4.99 Å². The summed E-state index contributed by atoms with van der Waals surface area (Å²) in [5.41, 5.74) is 5.46. The quantitative estimate of drug-likeness (QED) is 0.439. The number of benzene rings is 1. The number of aliphatic imine (C=N–C) groups is 1. The predicted octanol–water partition coefficient (Wildman–Crippen LogP) is 4.60. The van der Waals surface area contributed by atoms with Crippen LogP contribution in [0.2, 0.25) is 0 Å². The summed E-state index contributed by atoms with van der Waals surface area (Å²) < 4.78 is 0. The van der Waals surface area contributed by atoms with Crippen LogP contribution >= 0.6 is 0 Å². The average Bonchev–Trinajstić information content (AvgIpc) is 2.30. The normalized spacial score (nSPS) is 11.6. The van der Waals surface area contributed by atoms with Crippen molar-refractivity contribution in [3.05, 3.63) is 53.2 Å². The van der Waals surface area contributed by atoms with Gasteiger partial charge in [0.05, 0.1) is 0 Å². The highest BCUT2D eigenvalue weighted by atomic mass is 16.1. The summed E-state index contributed by atoms with van der Waals surface area (Å²) in [6.07, 6.45) is 1.76. The Hall–Kier alpha value is -1.96. The Kier molecular flexibility index (Phi) is 4.99. The first kappa shape index (κ1) is 15.1. The van der Waals surface area contributed by atoms with Gasteiger partial charge in [0, 0.05) is 22.5 Å². The lowest BCUT2D eigenvalue weighted by molar-refractivity contribution is 0.101. The highest BCUT2D eigenvalue weighted by Crippen LogP contribution is 2.25. The first-order chi connectivity index (χ1) is 8.86. The molecule has 0 spiro atoms. The predicted molar refractivity (Wildman–Crippen MR) is 82.8 cm³/mol. The lowest BCUT2D eigenvalue weighted by Gasteiger charge is -2.11. The molecular formula is C17H21NO. The van der Waals surface area contributed by atoms with Gasteiger partial charge in [0.15, 0.2) is 5.78 Å². The zero-order valence-electron chi connectivity index (χ0n) is 12.4. The van der Waals surface area contributed by atoms with E-state index in [0.717, 1.165) is 33.7 Å². The molecule has 0 bridgehead atoms. The fourth-order valence-electron chi connectivity index (χ4n) is 2.03. The van der Waals surface area contributed by atoms with E-state index in [1.807, 2.05) is 45.9 Å². The van der Waals surface area contributed by atoms with E-state index in [1.54, 1.807) is 13.0 Å². The van der Waals surface area contributed by atoms with Gasteiger partial charge in [0.1, 0.15) is 0 Å². The summed E-state index contributed by atoms with van der Waals surface area (Å²) >= 11 is 0. The molecule has 0 aliphatic heterocycles. The molecule has 0 N–H and O–H groups in total. The van der Waals surface area contributed by atoms with E-state index in [2.05, 4.69) is 11.6 Å². The number of rotatable bonds is 4. The molecule has 0 radical (unpaired) electrons. The van der Waals surface area contributed by atoms with Crippen LogP contribution < -0.4 is 0 Å². The van der Waals surface area contributed by atoms with E-state index in [9.17, 15) is 4.79 Å². The van der Waals surface area contributed by atoms with E-state index in [4.69, 9.17) is 0 Å². The van der Waals surface area contributed by atoms with Crippen molar-refractivity contribution in [2.45, 2.75) is 34.6 Å². The Morgan fingerprint density at radius 2 is 1.79 bits per heavy atom. The molecule has 0 heterocycles. The molecule has 1 aromatic carbocycles. The fourth-order valence-corrected chi connectivity index (χ4v) is 2.03. The number of carbonyl (C=O) groups is 1. The summed E-state index contributed by atoms with van der Waals surface area (Å²) in [4.78, 5) is 16.3. The Balaban J connectivity index is 3.55. The van der Waals surface area contributed by atoms with E-state index in [0.29, 0.717) is 0 Å². The lowest BCUT2D eigenvalue weighted by Crippen LogP contribution is -2.00. The van der Waals surface area contributed by atoms with Gasteiger partial charge in [0.25, 0.3) is 0 Å². The molecule has 19 heavy (non-hydrogen) atoms. The molecule has 0 saturated carbocycles. The van der Waals surface area contributed by atoms with E-state index < -0.39 is 0 Å². The third-order valence-electron chi connectivity index (χ3n) is 2.83. The minimum absolute atomic E-state index is 0.0584. The van der Waals surface area contributed by atoms with Crippen LogP contribution in [0.3, 0.4) is 0 Å². The number of nitrogens with zero attached hydrogens (tertiary/aromatic N) is 1. The van der Waals surface area contributed by atoms with Crippen molar-refractivity contribution < 1.29 is 4.79 Å². The van der Waals surface area contributed by atoms with Crippen molar-refractivity contribution in [3.63, 3.8) is 0 Å². The molecule has 0 aliphatic rings. The van der Waals surface area contributed by atoms with E-state index in [1.165, 1.54) is 0 Å². The highest BCUT2D eigenvalue weighted by Gasteiger charge is 2.11. The Bertz CT molecular complexity index is 573. The molecule has 0 atom stereocenters. The zero-order valence-corrected chi connectivity index (χ0v) is 12.4.